The smallest absolute Gasteiger partial charge is 0.233 e. The SMILES string of the molecule is Cc1cccc(CC(=O)N2CCc3c2ccc(-c2nc(C)n4c(C)cnc(N)c24)c3F)n1. The third-order valence-corrected chi connectivity index (χ3v) is 5.96. The average Bonchev–Trinajstić information content (AvgIpc) is 3.34. The van der Waals surface area contributed by atoms with Gasteiger partial charge in [-0.25, -0.2) is 14.4 Å². The van der Waals surface area contributed by atoms with E-state index in [9.17, 15) is 4.79 Å². The first-order chi connectivity index (χ1) is 15.3. The molecule has 0 fully saturated rings. The fourth-order valence-electron chi connectivity index (χ4n) is 4.51. The van der Waals surface area contributed by atoms with Crippen LogP contribution in [0.1, 0.15) is 28.5 Å². The van der Waals surface area contributed by atoms with Gasteiger partial charge in [0, 0.05) is 46.6 Å². The minimum absolute atomic E-state index is 0.0960. The number of benzene rings is 1. The topological polar surface area (TPSA) is 89.4 Å². The number of nitrogen functional groups attached to an aromatic ring is 1. The monoisotopic (exact) mass is 430 g/mol. The summed E-state index contributed by atoms with van der Waals surface area (Å²) in [4.78, 5) is 27.8. The van der Waals surface area contributed by atoms with Crippen molar-refractivity contribution in [2.75, 3.05) is 17.2 Å². The van der Waals surface area contributed by atoms with Crippen LogP contribution in [0.15, 0.2) is 36.5 Å². The predicted octanol–water partition coefficient (Wildman–Crippen LogP) is 3.57. The van der Waals surface area contributed by atoms with Crippen molar-refractivity contribution >= 4 is 22.9 Å². The Morgan fingerprint density at radius 2 is 1.97 bits per heavy atom. The summed E-state index contributed by atoms with van der Waals surface area (Å²) in [6.45, 7) is 6.09. The number of rotatable bonds is 3. The molecule has 1 aliphatic heterocycles. The Morgan fingerprint density at radius 1 is 1.16 bits per heavy atom. The Hall–Kier alpha value is -3.81. The third-order valence-electron chi connectivity index (χ3n) is 5.96. The zero-order valence-corrected chi connectivity index (χ0v) is 18.2. The summed E-state index contributed by atoms with van der Waals surface area (Å²) in [6.07, 6.45) is 2.29. The van der Waals surface area contributed by atoms with Gasteiger partial charge in [-0.2, -0.15) is 0 Å². The molecule has 32 heavy (non-hydrogen) atoms. The quantitative estimate of drug-likeness (QED) is 0.537. The molecule has 4 heterocycles. The van der Waals surface area contributed by atoms with Crippen LogP contribution in [0.5, 0.6) is 0 Å². The van der Waals surface area contributed by atoms with Crippen LogP contribution >= 0.6 is 0 Å². The second kappa shape index (κ2) is 7.40. The number of carbonyl (C=O) groups is 1. The molecular weight excluding hydrogens is 407 g/mol. The zero-order valence-electron chi connectivity index (χ0n) is 18.2. The van der Waals surface area contributed by atoms with Crippen LogP contribution in [-0.4, -0.2) is 31.8 Å². The number of anilines is 2. The number of halogens is 1. The van der Waals surface area contributed by atoms with E-state index in [1.807, 2.05) is 43.4 Å². The molecule has 0 bridgehead atoms. The molecule has 0 saturated heterocycles. The first-order valence-electron chi connectivity index (χ1n) is 10.5. The third kappa shape index (κ3) is 3.10. The normalized spacial score (nSPS) is 13.1. The van der Waals surface area contributed by atoms with E-state index < -0.39 is 0 Å². The number of hydrogen-bond donors (Lipinski definition) is 1. The molecule has 4 aromatic rings. The first-order valence-corrected chi connectivity index (χ1v) is 10.5. The molecule has 5 rings (SSSR count). The van der Waals surface area contributed by atoms with Crippen molar-refractivity contribution in [3.8, 4) is 11.3 Å². The van der Waals surface area contributed by atoms with Crippen LogP contribution in [0, 0.1) is 26.6 Å². The summed E-state index contributed by atoms with van der Waals surface area (Å²) in [5.74, 6) is 0.547. The zero-order chi connectivity index (χ0) is 22.6. The highest BCUT2D eigenvalue weighted by atomic mass is 19.1. The molecule has 0 unspecified atom stereocenters. The molecule has 1 aromatic carbocycles. The van der Waals surface area contributed by atoms with Gasteiger partial charge < -0.3 is 10.6 Å². The molecule has 162 valence electrons. The highest BCUT2D eigenvalue weighted by molar-refractivity contribution is 5.97. The Balaban J connectivity index is 1.53. The summed E-state index contributed by atoms with van der Waals surface area (Å²) >= 11 is 0. The van der Waals surface area contributed by atoms with Gasteiger partial charge in [-0.15, -0.1) is 0 Å². The number of aromatic nitrogens is 4. The molecule has 0 radical (unpaired) electrons. The second-order valence-electron chi connectivity index (χ2n) is 8.14. The first kappa shape index (κ1) is 20.1. The van der Waals surface area contributed by atoms with Crippen LogP contribution in [0.4, 0.5) is 15.9 Å². The Kier molecular flexibility index (Phi) is 4.65. The maximum absolute atomic E-state index is 15.7. The van der Waals surface area contributed by atoms with Gasteiger partial charge in [0.25, 0.3) is 0 Å². The average molecular weight is 430 g/mol. The van der Waals surface area contributed by atoms with E-state index in [0.717, 1.165) is 11.4 Å². The second-order valence-corrected chi connectivity index (χ2v) is 8.14. The van der Waals surface area contributed by atoms with Crippen molar-refractivity contribution in [1.82, 2.24) is 19.4 Å². The maximum Gasteiger partial charge on any atom is 0.233 e. The van der Waals surface area contributed by atoms with E-state index in [2.05, 4.69) is 15.0 Å². The summed E-state index contributed by atoms with van der Waals surface area (Å²) in [5, 5.41) is 0. The van der Waals surface area contributed by atoms with Gasteiger partial charge in [-0.1, -0.05) is 6.07 Å². The van der Waals surface area contributed by atoms with E-state index in [1.165, 1.54) is 0 Å². The fourth-order valence-corrected chi connectivity index (χ4v) is 4.51. The number of hydrogen-bond acceptors (Lipinski definition) is 5. The van der Waals surface area contributed by atoms with E-state index in [-0.39, 0.29) is 18.1 Å². The van der Waals surface area contributed by atoms with E-state index in [1.54, 1.807) is 23.2 Å². The van der Waals surface area contributed by atoms with Gasteiger partial charge >= 0.3 is 0 Å². The molecule has 0 aliphatic carbocycles. The van der Waals surface area contributed by atoms with Gasteiger partial charge in [0.15, 0.2) is 0 Å². The number of aryl methyl sites for hydroxylation is 3. The van der Waals surface area contributed by atoms with Crippen LogP contribution in [-0.2, 0) is 17.6 Å². The lowest BCUT2D eigenvalue weighted by atomic mass is 10.0. The number of nitrogens with two attached hydrogens (primary N) is 1. The van der Waals surface area contributed by atoms with Gasteiger partial charge in [-0.3, -0.25) is 14.2 Å². The summed E-state index contributed by atoms with van der Waals surface area (Å²) in [7, 11) is 0. The van der Waals surface area contributed by atoms with Crippen molar-refractivity contribution in [3.63, 3.8) is 0 Å². The molecular formula is C24H23FN6O. The van der Waals surface area contributed by atoms with Crippen molar-refractivity contribution in [2.45, 2.75) is 33.6 Å². The number of imidazole rings is 1. The predicted molar refractivity (Wildman–Crippen MR) is 121 cm³/mol. The largest absolute Gasteiger partial charge is 0.382 e. The van der Waals surface area contributed by atoms with Crippen LogP contribution in [0.2, 0.25) is 0 Å². The number of amides is 1. The molecule has 1 aliphatic rings. The lowest BCUT2D eigenvalue weighted by Gasteiger charge is -2.18. The standard InChI is InChI=1S/C24H23FN6O/c1-13-5-4-6-16(28-13)11-20(32)30-10-9-17-19(30)8-7-18(21(17)25)22-23-24(26)27-12-14(2)31(23)15(3)29-22/h4-8,12H,9-11H2,1-3H3,(H2,26,27). The molecule has 2 N–H and O–H groups in total. The van der Waals surface area contributed by atoms with Crippen LogP contribution < -0.4 is 10.6 Å². The fraction of sp³-hybridized carbons (Fsp3) is 0.250. The molecule has 0 saturated carbocycles. The summed E-state index contributed by atoms with van der Waals surface area (Å²) in [6, 6.07) is 9.07. The number of carbonyl (C=O) groups excluding carboxylic acids is 1. The van der Waals surface area contributed by atoms with Crippen LogP contribution in [0.3, 0.4) is 0 Å². The van der Waals surface area contributed by atoms with Gasteiger partial charge in [0.05, 0.1) is 6.42 Å². The number of nitrogens with zero attached hydrogens (tertiary/aromatic N) is 5. The number of pyridine rings is 1. The molecule has 1 amide bonds. The molecule has 3 aromatic heterocycles. The van der Waals surface area contributed by atoms with Gasteiger partial charge in [0.1, 0.15) is 28.7 Å². The van der Waals surface area contributed by atoms with E-state index >= 15 is 4.39 Å². The molecule has 0 spiro atoms. The van der Waals surface area contributed by atoms with E-state index in [0.29, 0.717) is 58.3 Å². The minimum Gasteiger partial charge on any atom is -0.382 e. The molecule has 7 nitrogen and oxygen atoms in total. The lowest BCUT2D eigenvalue weighted by Crippen LogP contribution is -2.30. The minimum atomic E-state index is -0.368. The Morgan fingerprint density at radius 3 is 2.75 bits per heavy atom. The maximum atomic E-state index is 15.7. The van der Waals surface area contributed by atoms with Crippen molar-refractivity contribution in [3.05, 3.63) is 70.8 Å². The van der Waals surface area contributed by atoms with Crippen molar-refractivity contribution in [2.24, 2.45) is 0 Å². The molecule has 0 atom stereocenters. The highest BCUT2D eigenvalue weighted by Gasteiger charge is 2.30. The molecule has 8 heteroatoms. The van der Waals surface area contributed by atoms with Gasteiger partial charge in [-0.05, 0) is 51.5 Å². The van der Waals surface area contributed by atoms with Crippen molar-refractivity contribution in [1.29, 1.82) is 0 Å². The summed E-state index contributed by atoms with van der Waals surface area (Å²) < 4.78 is 17.6. The van der Waals surface area contributed by atoms with Crippen molar-refractivity contribution < 1.29 is 9.18 Å². The Labute approximate surface area is 184 Å². The van der Waals surface area contributed by atoms with E-state index in [4.69, 9.17) is 5.73 Å². The Bertz CT molecular complexity index is 1390. The summed E-state index contributed by atoms with van der Waals surface area (Å²) in [5.41, 5.74) is 11.1. The lowest BCUT2D eigenvalue weighted by molar-refractivity contribution is -0.117. The van der Waals surface area contributed by atoms with Crippen LogP contribution in [0.25, 0.3) is 16.8 Å². The highest BCUT2D eigenvalue weighted by Crippen LogP contribution is 2.38. The number of fused-ring (bicyclic) bond motifs is 2. The van der Waals surface area contributed by atoms with Gasteiger partial charge in [0.2, 0.25) is 5.91 Å².